The maximum atomic E-state index is 11.8. The van der Waals surface area contributed by atoms with Crippen LogP contribution in [0.2, 0.25) is 0 Å². The summed E-state index contributed by atoms with van der Waals surface area (Å²) in [6.45, 7) is 2.18. The zero-order chi connectivity index (χ0) is 13.0. The van der Waals surface area contributed by atoms with Gasteiger partial charge in [-0.15, -0.1) is 0 Å². The molecule has 0 aliphatic rings. The van der Waals surface area contributed by atoms with Gasteiger partial charge in [0.1, 0.15) is 5.56 Å². The molecule has 2 N–H and O–H groups in total. The molecule has 1 aromatic carbocycles. The molecule has 4 heteroatoms. The zero-order valence-corrected chi connectivity index (χ0v) is 10.1. The number of aromatic nitrogens is 1. The van der Waals surface area contributed by atoms with Crippen molar-refractivity contribution < 1.29 is 4.79 Å². The first-order valence-electron chi connectivity index (χ1n) is 5.69. The summed E-state index contributed by atoms with van der Waals surface area (Å²) in [4.78, 5) is 26.0. The van der Waals surface area contributed by atoms with Gasteiger partial charge in [0.2, 0.25) is 0 Å². The highest BCUT2D eigenvalue weighted by Crippen LogP contribution is 1.99. The normalized spacial score (nSPS) is 10.1. The second kappa shape index (κ2) is 5.31. The van der Waals surface area contributed by atoms with Crippen molar-refractivity contribution in [2.75, 3.05) is 0 Å². The largest absolute Gasteiger partial charge is 0.348 e. The first-order chi connectivity index (χ1) is 8.66. The summed E-state index contributed by atoms with van der Waals surface area (Å²) in [5.41, 5.74) is 1.51. The van der Waals surface area contributed by atoms with Gasteiger partial charge in [-0.3, -0.25) is 9.59 Å². The molecule has 2 rings (SSSR count). The smallest absolute Gasteiger partial charge is 0.260 e. The van der Waals surface area contributed by atoms with Crippen molar-refractivity contribution in [2.24, 2.45) is 0 Å². The highest BCUT2D eigenvalue weighted by molar-refractivity contribution is 5.93. The molecule has 18 heavy (non-hydrogen) atoms. The number of hydrogen-bond donors (Lipinski definition) is 2. The molecule has 0 aliphatic carbocycles. The Bertz CT molecular complexity index is 603. The molecule has 0 atom stereocenters. The number of aromatic amines is 1. The van der Waals surface area contributed by atoms with Crippen LogP contribution in [0, 0.1) is 6.92 Å². The number of nitrogens with one attached hydrogen (secondary N) is 2. The standard InChI is InChI=1S/C14H14N2O2/c1-10-7-8-12(14(18)16-10)13(17)15-9-11-5-3-2-4-6-11/h2-8H,9H2,1H3,(H,15,17)(H,16,18). The number of benzene rings is 1. The highest BCUT2D eigenvalue weighted by Gasteiger charge is 2.09. The molecule has 1 aromatic heterocycles. The molecule has 1 amide bonds. The van der Waals surface area contributed by atoms with Gasteiger partial charge in [0, 0.05) is 12.2 Å². The molecule has 0 saturated carbocycles. The third-order valence-electron chi connectivity index (χ3n) is 2.60. The minimum absolute atomic E-state index is 0.136. The number of carbonyl (C=O) groups excluding carboxylic acids is 1. The van der Waals surface area contributed by atoms with E-state index in [-0.39, 0.29) is 17.0 Å². The van der Waals surface area contributed by atoms with Crippen LogP contribution in [0.3, 0.4) is 0 Å². The monoisotopic (exact) mass is 242 g/mol. The fourth-order valence-corrected chi connectivity index (χ4v) is 1.62. The second-order valence-electron chi connectivity index (χ2n) is 4.05. The zero-order valence-electron chi connectivity index (χ0n) is 10.1. The van der Waals surface area contributed by atoms with Gasteiger partial charge in [0.15, 0.2) is 0 Å². The van der Waals surface area contributed by atoms with E-state index in [9.17, 15) is 9.59 Å². The van der Waals surface area contributed by atoms with Gasteiger partial charge in [0.25, 0.3) is 11.5 Å². The summed E-state index contributed by atoms with van der Waals surface area (Å²) in [7, 11) is 0. The maximum absolute atomic E-state index is 11.8. The summed E-state index contributed by atoms with van der Waals surface area (Å²) < 4.78 is 0. The van der Waals surface area contributed by atoms with E-state index in [0.29, 0.717) is 6.54 Å². The Kier molecular flexibility index (Phi) is 3.57. The van der Waals surface area contributed by atoms with E-state index in [2.05, 4.69) is 10.3 Å². The van der Waals surface area contributed by atoms with E-state index in [1.165, 1.54) is 6.07 Å². The van der Waals surface area contributed by atoms with Crippen molar-refractivity contribution in [3.05, 3.63) is 69.6 Å². The number of aryl methyl sites for hydroxylation is 1. The van der Waals surface area contributed by atoms with Crippen molar-refractivity contribution in [1.29, 1.82) is 0 Å². The Balaban J connectivity index is 2.06. The molecule has 0 radical (unpaired) electrons. The molecule has 4 nitrogen and oxygen atoms in total. The number of H-pyrrole nitrogens is 1. The van der Waals surface area contributed by atoms with Crippen molar-refractivity contribution in [2.45, 2.75) is 13.5 Å². The van der Waals surface area contributed by atoms with Crippen molar-refractivity contribution >= 4 is 5.91 Å². The third-order valence-corrected chi connectivity index (χ3v) is 2.60. The van der Waals surface area contributed by atoms with Crippen LogP contribution in [-0.2, 0) is 6.54 Å². The van der Waals surface area contributed by atoms with Crippen LogP contribution in [0.5, 0.6) is 0 Å². The van der Waals surface area contributed by atoms with Gasteiger partial charge < -0.3 is 10.3 Å². The Morgan fingerprint density at radius 3 is 2.56 bits per heavy atom. The van der Waals surface area contributed by atoms with Crippen molar-refractivity contribution in [3.63, 3.8) is 0 Å². The lowest BCUT2D eigenvalue weighted by Gasteiger charge is -2.05. The Morgan fingerprint density at radius 2 is 1.89 bits per heavy atom. The van der Waals surface area contributed by atoms with Gasteiger partial charge in [0.05, 0.1) is 0 Å². The molecule has 0 fully saturated rings. The fraction of sp³-hybridized carbons (Fsp3) is 0.143. The minimum Gasteiger partial charge on any atom is -0.348 e. The molecule has 92 valence electrons. The number of amides is 1. The molecule has 1 heterocycles. The van der Waals surface area contributed by atoms with Crippen molar-refractivity contribution in [1.82, 2.24) is 10.3 Å². The van der Waals surface area contributed by atoms with Crippen molar-refractivity contribution in [3.8, 4) is 0 Å². The summed E-state index contributed by atoms with van der Waals surface area (Å²) in [5, 5.41) is 2.72. The first kappa shape index (κ1) is 12.1. The van der Waals surface area contributed by atoms with Gasteiger partial charge in [-0.25, -0.2) is 0 Å². The van der Waals surface area contributed by atoms with E-state index >= 15 is 0 Å². The molecular formula is C14H14N2O2. The van der Waals surface area contributed by atoms with Gasteiger partial charge >= 0.3 is 0 Å². The van der Waals surface area contributed by atoms with E-state index in [1.807, 2.05) is 30.3 Å². The van der Waals surface area contributed by atoms with Crippen LogP contribution in [-0.4, -0.2) is 10.9 Å². The highest BCUT2D eigenvalue weighted by atomic mass is 16.2. The number of carbonyl (C=O) groups is 1. The van der Waals surface area contributed by atoms with Crippen LogP contribution in [0.4, 0.5) is 0 Å². The Morgan fingerprint density at radius 1 is 1.17 bits per heavy atom. The van der Waals surface area contributed by atoms with Crippen LogP contribution in [0.15, 0.2) is 47.3 Å². The average Bonchev–Trinajstić information content (AvgIpc) is 2.37. The van der Waals surface area contributed by atoms with E-state index in [0.717, 1.165) is 11.3 Å². The van der Waals surface area contributed by atoms with Crippen LogP contribution in [0.25, 0.3) is 0 Å². The Labute approximate surface area is 105 Å². The summed E-state index contributed by atoms with van der Waals surface area (Å²) >= 11 is 0. The summed E-state index contributed by atoms with van der Waals surface area (Å²) in [6.07, 6.45) is 0. The molecule has 2 aromatic rings. The number of pyridine rings is 1. The van der Waals surface area contributed by atoms with E-state index in [4.69, 9.17) is 0 Å². The molecule has 0 spiro atoms. The number of hydrogen-bond acceptors (Lipinski definition) is 2. The van der Waals surface area contributed by atoms with Gasteiger partial charge in [-0.1, -0.05) is 30.3 Å². The summed E-state index contributed by atoms with van der Waals surface area (Å²) in [6, 6.07) is 12.8. The molecule has 0 aliphatic heterocycles. The molecule has 0 saturated heterocycles. The predicted octanol–water partition coefficient (Wildman–Crippen LogP) is 1.61. The fourth-order valence-electron chi connectivity index (χ4n) is 1.62. The first-order valence-corrected chi connectivity index (χ1v) is 5.69. The molecule has 0 unspecified atom stereocenters. The lowest BCUT2D eigenvalue weighted by Crippen LogP contribution is -2.29. The molecular weight excluding hydrogens is 228 g/mol. The quantitative estimate of drug-likeness (QED) is 0.859. The topological polar surface area (TPSA) is 62.0 Å². The summed E-state index contributed by atoms with van der Waals surface area (Å²) in [5.74, 6) is -0.361. The maximum Gasteiger partial charge on any atom is 0.260 e. The van der Waals surface area contributed by atoms with Crippen LogP contribution < -0.4 is 10.9 Å². The second-order valence-corrected chi connectivity index (χ2v) is 4.05. The Hall–Kier alpha value is -2.36. The van der Waals surface area contributed by atoms with E-state index < -0.39 is 0 Å². The minimum atomic E-state index is -0.361. The number of rotatable bonds is 3. The van der Waals surface area contributed by atoms with Crippen LogP contribution in [0.1, 0.15) is 21.6 Å². The SMILES string of the molecule is Cc1ccc(C(=O)NCc2ccccc2)c(=O)[nH]1. The van der Waals surface area contributed by atoms with Gasteiger partial charge in [-0.05, 0) is 24.6 Å². The lowest BCUT2D eigenvalue weighted by molar-refractivity contribution is 0.0949. The average molecular weight is 242 g/mol. The van der Waals surface area contributed by atoms with Gasteiger partial charge in [-0.2, -0.15) is 0 Å². The van der Waals surface area contributed by atoms with E-state index in [1.54, 1.807) is 13.0 Å². The third kappa shape index (κ3) is 2.85. The lowest BCUT2D eigenvalue weighted by atomic mass is 10.2. The molecule has 0 bridgehead atoms. The van der Waals surface area contributed by atoms with Crippen LogP contribution >= 0.6 is 0 Å². The predicted molar refractivity (Wildman–Crippen MR) is 69.4 cm³/mol.